The van der Waals surface area contributed by atoms with Crippen LogP contribution in [0.3, 0.4) is 0 Å². The molecule has 1 heterocycles. The first-order chi connectivity index (χ1) is 22.6. The zero-order chi connectivity index (χ0) is 31.0. The van der Waals surface area contributed by atoms with Crippen molar-refractivity contribution in [2.24, 2.45) is 4.99 Å². The number of aromatic nitrogens is 1. The lowest BCUT2D eigenvalue weighted by Crippen LogP contribution is -1.95. The molecule has 0 N–H and O–H groups in total. The molecule has 0 aliphatic carbocycles. The van der Waals surface area contributed by atoms with Gasteiger partial charge in [-0.3, -0.25) is 4.99 Å². The topological polar surface area (TPSA) is 17.3 Å². The summed E-state index contributed by atoms with van der Waals surface area (Å²) in [6.07, 6.45) is 0. The highest BCUT2D eigenvalue weighted by Gasteiger charge is 2.14. The van der Waals surface area contributed by atoms with E-state index >= 15 is 0 Å². The van der Waals surface area contributed by atoms with Crippen molar-refractivity contribution in [2.45, 2.75) is 6.92 Å². The maximum atomic E-state index is 4.85. The van der Waals surface area contributed by atoms with Crippen LogP contribution in [0.2, 0.25) is 0 Å². The van der Waals surface area contributed by atoms with Crippen molar-refractivity contribution in [3.05, 3.63) is 181 Å². The van der Waals surface area contributed by atoms with Gasteiger partial charge in [0.1, 0.15) is 0 Å². The molecule has 0 saturated carbocycles. The Labute approximate surface area is 269 Å². The van der Waals surface area contributed by atoms with E-state index in [1.54, 1.807) is 0 Å². The maximum absolute atomic E-state index is 4.85. The first kappa shape index (κ1) is 27.6. The molecule has 2 heteroatoms. The third-order valence-corrected chi connectivity index (χ3v) is 8.95. The average molecular weight is 589 g/mol. The van der Waals surface area contributed by atoms with E-state index < -0.39 is 0 Å². The largest absolute Gasteiger partial charge is 0.309 e. The summed E-state index contributed by atoms with van der Waals surface area (Å²) in [5.74, 6) is 0. The number of hydrogen-bond donors (Lipinski definition) is 0. The van der Waals surface area contributed by atoms with E-state index in [0.717, 1.165) is 33.8 Å². The van der Waals surface area contributed by atoms with Crippen LogP contribution >= 0.6 is 0 Å². The Morgan fingerprint density at radius 3 is 1.72 bits per heavy atom. The van der Waals surface area contributed by atoms with Crippen LogP contribution in [-0.2, 0) is 0 Å². The van der Waals surface area contributed by atoms with Crippen molar-refractivity contribution >= 4 is 44.0 Å². The predicted molar refractivity (Wildman–Crippen MR) is 197 cm³/mol. The summed E-state index contributed by atoms with van der Waals surface area (Å²) in [4.78, 5) is 4.85. The Hall–Kier alpha value is -5.99. The summed E-state index contributed by atoms with van der Waals surface area (Å²) in [7, 11) is 0. The standard InChI is InChI=1S/C44H32N2/c1-30(32-16-20-35(21-17-32)34-10-4-3-5-11-34)45-31(2)33-18-22-36(23-19-33)37-24-27-39(28-25-37)46-42-15-9-8-14-41(42)44-40-13-7-6-12-38(40)26-29-43(44)46/h3-29H,2H2,1H3. The second kappa shape index (κ2) is 11.5. The fourth-order valence-electron chi connectivity index (χ4n) is 6.54. The first-order valence-corrected chi connectivity index (χ1v) is 15.7. The highest BCUT2D eigenvalue weighted by Crippen LogP contribution is 2.37. The van der Waals surface area contributed by atoms with Crippen LogP contribution in [0.1, 0.15) is 18.1 Å². The van der Waals surface area contributed by atoms with E-state index in [1.165, 1.54) is 49.3 Å². The third-order valence-electron chi connectivity index (χ3n) is 8.95. The lowest BCUT2D eigenvalue weighted by atomic mass is 10.0. The van der Waals surface area contributed by atoms with E-state index in [2.05, 4.69) is 169 Å². The minimum absolute atomic E-state index is 0.755. The van der Waals surface area contributed by atoms with Crippen molar-refractivity contribution in [2.75, 3.05) is 0 Å². The summed E-state index contributed by atoms with van der Waals surface area (Å²) < 4.78 is 2.38. The molecule has 8 aromatic rings. The molecule has 8 rings (SSSR count). The number of benzene rings is 7. The smallest absolute Gasteiger partial charge is 0.0633 e. The van der Waals surface area contributed by atoms with Gasteiger partial charge in [-0.2, -0.15) is 0 Å². The van der Waals surface area contributed by atoms with Gasteiger partial charge in [-0.05, 0) is 75.3 Å². The Kier molecular flexibility index (Phi) is 6.89. The van der Waals surface area contributed by atoms with Crippen LogP contribution in [0.5, 0.6) is 0 Å². The van der Waals surface area contributed by atoms with Crippen molar-refractivity contribution in [3.8, 4) is 27.9 Å². The van der Waals surface area contributed by atoms with Crippen LogP contribution in [0.15, 0.2) is 175 Å². The van der Waals surface area contributed by atoms with E-state index in [0.29, 0.717) is 0 Å². The molecule has 218 valence electrons. The molecule has 0 spiro atoms. The number of para-hydroxylation sites is 1. The fraction of sp³-hybridized carbons (Fsp3) is 0.0227. The highest BCUT2D eigenvalue weighted by molar-refractivity contribution is 6.21. The minimum Gasteiger partial charge on any atom is -0.309 e. The molecule has 0 aliphatic rings. The Morgan fingerprint density at radius 1 is 0.478 bits per heavy atom. The zero-order valence-electron chi connectivity index (χ0n) is 25.7. The molecule has 46 heavy (non-hydrogen) atoms. The molecule has 0 atom stereocenters. The maximum Gasteiger partial charge on any atom is 0.0633 e. The number of fused-ring (bicyclic) bond motifs is 5. The van der Waals surface area contributed by atoms with Gasteiger partial charge < -0.3 is 4.57 Å². The highest BCUT2D eigenvalue weighted by atomic mass is 15.0. The van der Waals surface area contributed by atoms with Crippen molar-refractivity contribution in [3.63, 3.8) is 0 Å². The summed E-state index contributed by atoms with van der Waals surface area (Å²) in [6, 6.07) is 58.2. The lowest BCUT2D eigenvalue weighted by molar-refractivity contribution is 1.18. The normalized spacial score (nSPS) is 11.8. The van der Waals surface area contributed by atoms with Gasteiger partial charge in [-0.1, -0.05) is 146 Å². The van der Waals surface area contributed by atoms with Crippen molar-refractivity contribution in [1.82, 2.24) is 4.57 Å². The predicted octanol–water partition coefficient (Wildman–Crippen LogP) is 11.8. The zero-order valence-corrected chi connectivity index (χ0v) is 25.7. The van der Waals surface area contributed by atoms with E-state index in [9.17, 15) is 0 Å². The van der Waals surface area contributed by atoms with Gasteiger partial charge in [-0.25, -0.2) is 0 Å². The van der Waals surface area contributed by atoms with Crippen molar-refractivity contribution < 1.29 is 0 Å². The summed E-state index contributed by atoms with van der Waals surface area (Å²) in [5, 5.41) is 5.12. The van der Waals surface area contributed by atoms with Crippen LogP contribution in [0, 0.1) is 0 Å². The molecule has 0 bridgehead atoms. The van der Waals surface area contributed by atoms with E-state index in [-0.39, 0.29) is 0 Å². The average Bonchev–Trinajstić information content (AvgIpc) is 3.47. The first-order valence-electron chi connectivity index (χ1n) is 15.7. The Balaban J connectivity index is 1.05. The second-order valence-electron chi connectivity index (χ2n) is 11.7. The molecular weight excluding hydrogens is 556 g/mol. The number of nitrogens with zero attached hydrogens (tertiary/aromatic N) is 2. The van der Waals surface area contributed by atoms with Gasteiger partial charge in [0.25, 0.3) is 0 Å². The minimum atomic E-state index is 0.755. The molecule has 1 aromatic heterocycles. The Bertz CT molecular complexity index is 2390. The second-order valence-corrected chi connectivity index (χ2v) is 11.7. The summed E-state index contributed by atoms with van der Waals surface area (Å²) in [5.41, 5.74) is 12.1. The van der Waals surface area contributed by atoms with E-state index in [1.807, 2.05) is 13.0 Å². The molecule has 0 amide bonds. The van der Waals surface area contributed by atoms with Gasteiger partial charge in [0.2, 0.25) is 0 Å². The summed E-state index contributed by atoms with van der Waals surface area (Å²) >= 11 is 0. The third kappa shape index (κ3) is 4.91. The van der Waals surface area contributed by atoms with Gasteiger partial charge in [0.05, 0.1) is 16.7 Å². The van der Waals surface area contributed by atoms with Crippen LogP contribution in [0.4, 0.5) is 0 Å². The quantitative estimate of drug-likeness (QED) is 0.172. The summed E-state index contributed by atoms with van der Waals surface area (Å²) in [6.45, 7) is 6.32. The number of aliphatic imine (C=N–C) groups is 1. The van der Waals surface area contributed by atoms with E-state index in [4.69, 9.17) is 4.99 Å². The van der Waals surface area contributed by atoms with Gasteiger partial charge in [0.15, 0.2) is 0 Å². The molecule has 0 fully saturated rings. The monoisotopic (exact) mass is 588 g/mol. The SMILES string of the molecule is C=C(N=C(C)c1ccc(-c2ccccc2)cc1)c1ccc(-c2ccc(-n3c4ccccc4c4c5ccccc5ccc43)cc2)cc1. The molecule has 0 aliphatic heterocycles. The fourth-order valence-corrected chi connectivity index (χ4v) is 6.54. The molecule has 2 nitrogen and oxygen atoms in total. The van der Waals surface area contributed by atoms with Gasteiger partial charge >= 0.3 is 0 Å². The Morgan fingerprint density at radius 2 is 1.02 bits per heavy atom. The van der Waals surface area contributed by atoms with Crippen LogP contribution < -0.4 is 0 Å². The molecular formula is C44H32N2. The van der Waals surface area contributed by atoms with Crippen LogP contribution in [-0.4, -0.2) is 10.3 Å². The van der Waals surface area contributed by atoms with Crippen LogP contribution in [0.25, 0.3) is 66.2 Å². The molecule has 0 radical (unpaired) electrons. The van der Waals surface area contributed by atoms with Crippen molar-refractivity contribution in [1.29, 1.82) is 0 Å². The molecule has 7 aromatic carbocycles. The molecule has 0 saturated heterocycles. The lowest BCUT2D eigenvalue weighted by Gasteiger charge is -2.10. The van der Waals surface area contributed by atoms with Gasteiger partial charge in [0, 0.05) is 22.2 Å². The van der Waals surface area contributed by atoms with Gasteiger partial charge in [-0.15, -0.1) is 0 Å². The molecule has 0 unspecified atom stereocenters. The number of hydrogen-bond acceptors (Lipinski definition) is 1. The number of rotatable bonds is 6.